The molecule has 80 valence electrons. The van der Waals surface area contributed by atoms with E-state index < -0.39 is 0 Å². The number of carbonyl (C=O) groups excluding carboxylic acids is 1. The fraction of sp³-hybridized carbons (Fsp3) is 0.417. The van der Waals surface area contributed by atoms with Gasteiger partial charge in [-0.15, -0.1) is 0 Å². The van der Waals surface area contributed by atoms with E-state index in [2.05, 4.69) is 5.32 Å². The van der Waals surface area contributed by atoms with Crippen LogP contribution in [0.15, 0.2) is 24.3 Å². The Morgan fingerprint density at radius 1 is 1.40 bits per heavy atom. The third-order valence-electron chi connectivity index (χ3n) is 3.06. The SMILES string of the molecule is CC(C(=O)c1ccc(F)cc1)C1CNC1. The molecule has 0 bridgehead atoms. The van der Waals surface area contributed by atoms with E-state index in [0.29, 0.717) is 11.5 Å². The van der Waals surface area contributed by atoms with Gasteiger partial charge < -0.3 is 5.32 Å². The average molecular weight is 207 g/mol. The maximum absolute atomic E-state index is 12.7. The van der Waals surface area contributed by atoms with Crippen molar-refractivity contribution in [3.8, 4) is 0 Å². The van der Waals surface area contributed by atoms with Crippen LogP contribution in [0.2, 0.25) is 0 Å². The first kappa shape index (κ1) is 10.3. The molecule has 1 saturated heterocycles. The van der Waals surface area contributed by atoms with E-state index >= 15 is 0 Å². The molecule has 0 radical (unpaired) electrons. The van der Waals surface area contributed by atoms with Gasteiger partial charge in [0.05, 0.1) is 0 Å². The van der Waals surface area contributed by atoms with Crippen molar-refractivity contribution in [2.45, 2.75) is 6.92 Å². The minimum absolute atomic E-state index is 0.0247. The quantitative estimate of drug-likeness (QED) is 0.766. The van der Waals surface area contributed by atoms with Gasteiger partial charge in [-0.3, -0.25) is 4.79 Å². The van der Waals surface area contributed by atoms with E-state index in [1.165, 1.54) is 12.1 Å². The number of nitrogens with one attached hydrogen (secondary N) is 1. The molecule has 1 fully saturated rings. The van der Waals surface area contributed by atoms with Gasteiger partial charge in [-0.25, -0.2) is 4.39 Å². The summed E-state index contributed by atoms with van der Waals surface area (Å²) in [7, 11) is 0. The standard InChI is InChI=1S/C12H14FNO/c1-8(10-6-14-7-10)12(15)9-2-4-11(13)5-3-9/h2-5,8,10,14H,6-7H2,1H3. The molecule has 0 aliphatic carbocycles. The lowest BCUT2D eigenvalue weighted by Crippen LogP contribution is -2.47. The Labute approximate surface area is 88.5 Å². The molecule has 15 heavy (non-hydrogen) atoms. The van der Waals surface area contributed by atoms with E-state index in [-0.39, 0.29) is 17.5 Å². The summed E-state index contributed by atoms with van der Waals surface area (Å²) < 4.78 is 12.7. The fourth-order valence-electron chi connectivity index (χ4n) is 1.76. The summed E-state index contributed by atoms with van der Waals surface area (Å²) in [4.78, 5) is 11.9. The topological polar surface area (TPSA) is 29.1 Å². The lowest BCUT2D eigenvalue weighted by Gasteiger charge is -2.31. The van der Waals surface area contributed by atoms with Gasteiger partial charge in [-0.2, -0.15) is 0 Å². The first-order valence-electron chi connectivity index (χ1n) is 5.19. The Balaban J connectivity index is 2.09. The van der Waals surface area contributed by atoms with Crippen molar-refractivity contribution < 1.29 is 9.18 Å². The Hall–Kier alpha value is -1.22. The van der Waals surface area contributed by atoms with Crippen molar-refractivity contribution in [1.82, 2.24) is 5.32 Å². The second kappa shape index (κ2) is 4.11. The molecule has 0 spiro atoms. The summed E-state index contributed by atoms with van der Waals surface area (Å²) in [5.41, 5.74) is 0.607. The van der Waals surface area contributed by atoms with Gasteiger partial charge in [-0.1, -0.05) is 6.92 Å². The van der Waals surface area contributed by atoms with E-state index in [0.717, 1.165) is 13.1 Å². The first-order chi connectivity index (χ1) is 7.18. The number of ketones is 1. The molecule has 2 rings (SSSR count). The molecule has 1 N–H and O–H groups in total. The summed E-state index contributed by atoms with van der Waals surface area (Å²) in [6.07, 6.45) is 0. The van der Waals surface area contributed by atoms with Crippen LogP contribution in [-0.4, -0.2) is 18.9 Å². The Bertz CT molecular complexity index is 356. The molecule has 2 nitrogen and oxygen atoms in total. The van der Waals surface area contributed by atoms with Gasteiger partial charge in [0.25, 0.3) is 0 Å². The molecule has 1 aliphatic rings. The summed E-state index contributed by atoms with van der Waals surface area (Å²) in [6, 6.07) is 5.78. The van der Waals surface area contributed by atoms with Crippen LogP contribution in [0.5, 0.6) is 0 Å². The summed E-state index contributed by atoms with van der Waals surface area (Å²) in [6.45, 7) is 3.76. The lowest BCUT2D eigenvalue weighted by atomic mass is 9.83. The Morgan fingerprint density at radius 2 is 2.00 bits per heavy atom. The zero-order chi connectivity index (χ0) is 10.8. The van der Waals surface area contributed by atoms with Gasteiger partial charge in [0.15, 0.2) is 5.78 Å². The maximum atomic E-state index is 12.7. The van der Waals surface area contributed by atoms with Crippen LogP contribution < -0.4 is 5.32 Å². The van der Waals surface area contributed by atoms with Crippen molar-refractivity contribution in [3.63, 3.8) is 0 Å². The van der Waals surface area contributed by atoms with Gasteiger partial charge >= 0.3 is 0 Å². The fourth-order valence-corrected chi connectivity index (χ4v) is 1.76. The smallest absolute Gasteiger partial charge is 0.166 e. The van der Waals surface area contributed by atoms with Crippen LogP contribution in [-0.2, 0) is 0 Å². The molecular formula is C12H14FNO. The van der Waals surface area contributed by atoms with E-state index in [1.54, 1.807) is 12.1 Å². The van der Waals surface area contributed by atoms with Crippen LogP contribution in [0.1, 0.15) is 17.3 Å². The molecule has 3 heteroatoms. The molecule has 1 atom stereocenters. The number of halogens is 1. The van der Waals surface area contributed by atoms with Gasteiger partial charge in [0.2, 0.25) is 0 Å². The van der Waals surface area contributed by atoms with Crippen molar-refractivity contribution in [2.75, 3.05) is 13.1 Å². The van der Waals surface area contributed by atoms with Crippen LogP contribution in [0.25, 0.3) is 0 Å². The van der Waals surface area contributed by atoms with E-state index in [1.807, 2.05) is 6.92 Å². The van der Waals surface area contributed by atoms with Crippen LogP contribution in [0.4, 0.5) is 4.39 Å². The molecular weight excluding hydrogens is 193 g/mol. The Morgan fingerprint density at radius 3 is 2.47 bits per heavy atom. The van der Waals surface area contributed by atoms with Crippen molar-refractivity contribution in [3.05, 3.63) is 35.6 Å². The summed E-state index contributed by atoms with van der Waals surface area (Å²) in [5, 5.41) is 3.15. The average Bonchev–Trinajstić information content (AvgIpc) is 2.15. The molecule has 1 heterocycles. The second-order valence-electron chi connectivity index (χ2n) is 4.08. The number of hydrogen-bond donors (Lipinski definition) is 1. The monoisotopic (exact) mass is 207 g/mol. The third-order valence-corrected chi connectivity index (χ3v) is 3.06. The minimum atomic E-state index is -0.301. The predicted octanol–water partition coefficient (Wildman–Crippen LogP) is 1.86. The van der Waals surface area contributed by atoms with Crippen LogP contribution in [0, 0.1) is 17.7 Å². The molecule has 1 unspecified atom stereocenters. The number of hydrogen-bond acceptors (Lipinski definition) is 2. The van der Waals surface area contributed by atoms with E-state index in [4.69, 9.17) is 0 Å². The van der Waals surface area contributed by atoms with Crippen molar-refractivity contribution in [2.24, 2.45) is 11.8 Å². The van der Waals surface area contributed by atoms with Gasteiger partial charge in [0.1, 0.15) is 5.82 Å². The van der Waals surface area contributed by atoms with Crippen molar-refractivity contribution >= 4 is 5.78 Å². The molecule has 0 amide bonds. The van der Waals surface area contributed by atoms with Gasteiger partial charge in [0, 0.05) is 11.5 Å². The minimum Gasteiger partial charge on any atom is -0.316 e. The van der Waals surface area contributed by atoms with Crippen LogP contribution >= 0.6 is 0 Å². The normalized spacial score (nSPS) is 18.3. The number of carbonyl (C=O) groups is 1. The zero-order valence-corrected chi connectivity index (χ0v) is 8.66. The third kappa shape index (κ3) is 2.07. The summed E-state index contributed by atoms with van der Waals surface area (Å²) >= 11 is 0. The largest absolute Gasteiger partial charge is 0.316 e. The number of benzene rings is 1. The van der Waals surface area contributed by atoms with E-state index in [9.17, 15) is 9.18 Å². The highest BCUT2D eigenvalue weighted by Gasteiger charge is 2.29. The highest BCUT2D eigenvalue weighted by molar-refractivity contribution is 5.97. The van der Waals surface area contributed by atoms with Gasteiger partial charge in [-0.05, 0) is 43.3 Å². The van der Waals surface area contributed by atoms with Crippen molar-refractivity contribution in [1.29, 1.82) is 0 Å². The molecule has 1 aliphatic heterocycles. The maximum Gasteiger partial charge on any atom is 0.166 e. The Kier molecular flexibility index (Phi) is 2.82. The first-order valence-corrected chi connectivity index (χ1v) is 5.19. The van der Waals surface area contributed by atoms with Crippen LogP contribution in [0.3, 0.4) is 0 Å². The highest BCUT2D eigenvalue weighted by Crippen LogP contribution is 2.20. The number of rotatable bonds is 3. The zero-order valence-electron chi connectivity index (χ0n) is 8.66. The highest BCUT2D eigenvalue weighted by atomic mass is 19.1. The number of Topliss-reactive ketones (excluding diaryl/α,β-unsaturated/α-hetero) is 1. The molecule has 0 saturated carbocycles. The molecule has 1 aromatic carbocycles. The molecule has 0 aromatic heterocycles. The summed E-state index contributed by atoms with van der Waals surface area (Å²) in [5.74, 6) is 0.269. The lowest BCUT2D eigenvalue weighted by molar-refractivity contribution is 0.0854. The second-order valence-corrected chi connectivity index (χ2v) is 4.08. The molecule has 1 aromatic rings. The predicted molar refractivity (Wildman–Crippen MR) is 56.3 cm³/mol.